The molecular weight excluding hydrogens is 280 g/mol. The van der Waals surface area contributed by atoms with Crippen LogP contribution in [0.2, 0.25) is 0 Å². The van der Waals surface area contributed by atoms with Gasteiger partial charge in [-0.25, -0.2) is 0 Å². The van der Waals surface area contributed by atoms with E-state index in [-0.39, 0.29) is 11.1 Å². The lowest BCUT2D eigenvalue weighted by Gasteiger charge is -2.19. The maximum Gasteiger partial charge on any atom is 0.322 e. The number of hydrogen-bond acceptors (Lipinski definition) is 5. The van der Waals surface area contributed by atoms with Gasteiger partial charge in [0, 0.05) is 5.56 Å². The minimum atomic E-state index is -1.50. The second-order valence-electron chi connectivity index (χ2n) is 4.35. The van der Waals surface area contributed by atoms with Crippen LogP contribution in [-0.4, -0.2) is 45.8 Å². The Balaban J connectivity index is 2.95. The van der Waals surface area contributed by atoms with Crippen LogP contribution in [0, 0.1) is 0 Å². The van der Waals surface area contributed by atoms with Crippen LogP contribution < -0.4 is 11.1 Å². The molecule has 6 N–H and O–H groups in total. The molecule has 0 aliphatic rings. The monoisotopic (exact) mass is 296 g/mol. The number of carbonyl (C=O) groups is 3. The van der Waals surface area contributed by atoms with Gasteiger partial charge in [0.25, 0.3) is 5.91 Å². The van der Waals surface area contributed by atoms with Crippen LogP contribution >= 0.6 is 0 Å². The van der Waals surface area contributed by atoms with Crippen molar-refractivity contribution in [3.63, 3.8) is 0 Å². The molecule has 1 rings (SSSR count). The zero-order valence-corrected chi connectivity index (χ0v) is 11.0. The third-order valence-electron chi connectivity index (χ3n) is 2.70. The number of carboxylic acid groups (broad SMARTS) is 1. The van der Waals surface area contributed by atoms with E-state index in [0.29, 0.717) is 0 Å². The number of primary amides is 1. The molecule has 0 bridgehead atoms. The van der Waals surface area contributed by atoms with Crippen LogP contribution in [-0.2, 0) is 9.59 Å². The van der Waals surface area contributed by atoms with Gasteiger partial charge in [0.2, 0.25) is 5.91 Å². The molecule has 0 saturated heterocycles. The average Bonchev–Trinajstić information content (AvgIpc) is 2.43. The first kappa shape index (κ1) is 16.6. The third-order valence-corrected chi connectivity index (χ3v) is 2.70. The summed E-state index contributed by atoms with van der Waals surface area (Å²) in [5, 5.41) is 30.4. The van der Waals surface area contributed by atoms with E-state index in [9.17, 15) is 24.6 Å². The predicted octanol–water partition coefficient (Wildman–Crippen LogP) is -1.23. The number of aliphatic hydroxyl groups excluding tert-OH is 2. The van der Waals surface area contributed by atoms with Crippen molar-refractivity contribution in [1.29, 1.82) is 0 Å². The average molecular weight is 296 g/mol. The highest BCUT2D eigenvalue weighted by Gasteiger charge is 2.24. The SMILES string of the molecule is NC(=O)CC(O)C(O)c1ccccc1C(=O)NCC(=O)O. The summed E-state index contributed by atoms with van der Waals surface area (Å²) in [7, 11) is 0. The summed E-state index contributed by atoms with van der Waals surface area (Å²) in [5.74, 6) is -2.72. The number of carbonyl (C=O) groups excluding carboxylic acids is 2. The first-order chi connectivity index (χ1) is 9.82. The van der Waals surface area contributed by atoms with Crippen molar-refractivity contribution in [1.82, 2.24) is 5.32 Å². The lowest BCUT2D eigenvalue weighted by Crippen LogP contribution is -2.32. The Hall–Kier alpha value is -2.45. The standard InChI is InChI=1S/C13H16N2O6/c14-10(17)5-9(16)12(20)7-3-1-2-4-8(7)13(21)15-6-11(18)19/h1-4,9,12,16,20H,5-6H2,(H2,14,17)(H,15,21)(H,18,19). The molecule has 21 heavy (non-hydrogen) atoms. The van der Waals surface area contributed by atoms with E-state index in [1.165, 1.54) is 24.3 Å². The number of benzene rings is 1. The topological polar surface area (TPSA) is 150 Å². The lowest BCUT2D eigenvalue weighted by molar-refractivity contribution is -0.135. The van der Waals surface area contributed by atoms with Crippen molar-refractivity contribution in [2.75, 3.05) is 6.54 Å². The maximum atomic E-state index is 11.9. The van der Waals surface area contributed by atoms with Gasteiger partial charge in [-0.3, -0.25) is 14.4 Å². The maximum absolute atomic E-state index is 11.9. The zero-order chi connectivity index (χ0) is 16.0. The van der Waals surface area contributed by atoms with Crippen LogP contribution in [0.5, 0.6) is 0 Å². The Kier molecular flexibility index (Phi) is 5.82. The second-order valence-corrected chi connectivity index (χ2v) is 4.35. The zero-order valence-electron chi connectivity index (χ0n) is 11.0. The minimum Gasteiger partial charge on any atom is -0.480 e. The Bertz CT molecular complexity index is 545. The number of rotatable bonds is 7. The Labute approximate surface area is 120 Å². The van der Waals surface area contributed by atoms with Gasteiger partial charge in [0.05, 0.1) is 12.5 Å². The Morgan fingerprint density at radius 2 is 1.81 bits per heavy atom. The van der Waals surface area contributed by atoms with Crippen LogP contribution in [0.1, 0.15) is 28.4 Å². The van der Waals surface area contributed by atoms with E-state index in [1.807, 2.05) is 0 Å². The Morgan fingerprint density at radius 3 is 2.38 bits per heavy atom. The van der Waals surface area contributed by atoms with Gasteiger partial charge in [-0.2, -0.15) is 0 Å². The molecule has 114 valence electrons. The van der Waals surface area contributed by atoms with Crippen LogP contribution in [0.4, 0.5) is 0 Å². The largest absolute Gasteiger partial charge is 0.480 e. The fraction of sp³-hybridized carbons (Fsp3) is 0.308. The first-order valence-corrected chi connectivity index (χ1v) is 6.06. The number of hydrogen-bond donors (Lipinski definition) is 5. The van der Waals surface area contributed by atoms with Gasteiger partial charge in [-0.05, 0) is 11.6 Å². The molecule has 1 aromatic carbocycles. The molecule has 0 aromatic heterocycles. The summed E-state index contributed by atoms with van der Waals surface area (Å²) in [4.78, 5) is 33.0. The molecule has 0 heterocycles. The first-order valence-electron chi connectivity index (χ1n) is 6.06. The van der Waals surface area contributed by atoms with Crippen molar-refractivity contribution < 1.29 is 29.7 Å². The normalized spacial score (nSPS) is 13.2. The molecule has 0 radical (unpaired) electrons. The molecule has 2 atom stereocenters. The molecule has 0 aliphatic heterocycles. The fourth-order valence-corrected chi connectivity index (χ4v) is 1.74. The Morgan fingerprint density at radius 1 is 1.19 bits per heavy atom. The number of amides is 2. The molecule has 1 aromatic rings. The van der Waals surface area contributed by atoms with Gasteiger partial charge < -0.3 is 26.4 Å². The lowest BCUT2D eigenvalue weighted by atomic mass is 9.96. The summed E-state index contributed by atoms with van der Waals surface area (Å²) in [5.41, 5.74) is 5.02. The van der Waals surface area contributed by atoms with E-state index in [0.717, 1.165) is 0 Å². The van der Waals surface area contributed by atoms with E-state index in [2.05, 4.69) is 5.32 Å². The highest BCUT2D eigenvalue weighted by Crippen LogP contribution is 2.22. The number of nitrogens with two attached hydrogens (primary N) is 1. The van der Waals surface area contributed by atoms with Crippen molar-refractivity contribution in [3.8, 4) is 0 Å². The highest BCUT2D eigenvalue weighted by molar-refractivity contribution is 5.97. The second kappa shape index (κ2) is 7.36. The molecule has 0 saturated carbocycles. The summed E-state index contributed by atoms with van der Waals surface area (Å²) < 4.78 is 0. The summed E-state index contributed by atoms with van der Waals surface area (Å²) in [6.07, 6.45) is -3.42. The molecule has 8 heteroatoms. The van der Waals surface area contributed by atoms with Crippen molar-refractivity contribution in [2.45, 2.75) is 18.6 Å². The van der Waals surface area contributed by atoms with Gasteiger partial charge in [-0.1, -0.05) is 18.2 Å². The number of nitrogens with one attached hydrogen (secondary N) is 1. The summed E-state index contributed by atoms with van der Waals surface area (Å²) >= 11 is 0. The van der Waals surface area contributed by atoms with Crippen LogP contribution in [0.3, 0.4) is 0 Å². The molecule has 0 fully saturated rings. The molecule has 8 nitrogen and oxygen atoms in total. The van der Waals surface area contributed by atoms with Gasteiger partial charge in [0.1, 0.15) is 12.6 Å². The van der Waals surface area contributed by atoms with Gasteiger partial charge >= 0.3 is 5.97 Å². The fourth-order valence-electron chi connectivity index (χ4n) is 1.74. The molecule has 0 aliphatic carbocycles. The molecular formula is C13H16N2O6. The van der Waals surface area contributed by atoms with Gasteiger partial charge in [-0.15, -0.1) is 0 Å². The third kappa shape index (κ3) is 4.86. The van der Waals surface area contributed by atoms with E-state index < -0.39 is 43.0 Å². The minimum absolute atomic E-state index is 0.00905. The molecule has 2 amide bonds. The van der Waals surface area contributed by atoms with Crippen molar-refractivity contribution >= 4 is 17.8 Å². The van der Waals surface area contributed by atoms with Crippen molar-refractivity contribution in [3.05, 3.63) is 35.4 Å². The quantitative estimate of drug-likeness (QED) is 0.425. The number of carboxylic acids is 1. The van der Waals surface area contributed by atoms with E-state index in [4.69, 9.17) is 10.8 Å². The number of aliphatic carboxylic acids is 1. The highest BCUT2D eigenvalue weighted by atomic mass is 16.4. The van der Waals surface area contributed by atoms with E-state index >= 15 is 0 Å². The van der Waals surface area contributed by atoms with Gasteiger partial charge in [0.15, 0.2) is 0 Å². The van der Waals surface area contributed by atoms with Crippen molar-refractivity contribution in [2.24, 2.45) is 5.73 Å². The van der Waals surface area contributed by atoms with Crippen LogP contribution in [0.15, 0.2) is 24.3 Å². The number of aliphatic hydroxyl groups is 2. The summed E-state index contributed by atoms with van der Waals surface area (Å²) in [6, 6.07) is 5.81. The van der Waals surface area contributed by atoms with E-state index in [1.54, 1.807) is 0 Å². The molecule has 0 spiro atoms. The smallest absolute Gasteiger partial charge is 0.322 e. The van der Waals surface area contributed by atoms with Crippen LogP contribution in [0.25, 0.3) is 0 Å². The molecule has 2 unspecified atom stereocenters. The predicted molar refractivity (Wildman–Crippen MR) is 71.2 cm³/mol. The summed E-state index contributed by atoms with van der Waals surface area (Å²) in [6.45, 7) is -0.576.